The Hall–Kier alpha value is -7.56. The van der Waals surface area contributed by atoms with E-state index in [0.29, 0.717) is 22.8 Å². The molecule has 0 N–H and O–H groups in total. The molecule has 0 bridgehead atoms. The van der Waals surface area contributed by atoms with E-state index < -0.39 is 6.04 Å². The summed E-state index contributed by atoms with van der Waals surface area (Å²) in [4.78, 5) is 10.3. The monoisotopic (exact) mass is 721 g/mol. The number of para-hydroxylation sites is 2. The number of nitrogens with zero attached hydrogens (tertiary/aromatic N) is 2. The van der Waals surface area contributed by atoms with E-state index in [4.69, 9.17) is 25.7 Å². The molecule has 0 aliphatic rings. The van der Waals surface area contributed by atoms with Gasteiger partial charge in [0.25, 0.3) is 0 Å². The van der Waals surface area contributed by atoms with Crippen molar-refractivity contribution in [3.8, 4) is 67.3 Å². The smallest absolute Gasteiger partial charge is 0.160 e. The van der Waals surface area contributed by atoms with Crippen molar-refractivity contribution in [3.05, 3.63) is 194 Å². The van der Waals surface area contributed by atoms with Gasteiger partial charge in [0, 0.05) is 38.2 Å². The zero-order valence-electron chi connectivity index (χ0n) is 34.8. The van der Waals surface area contributed by atoms with Gasteiger partial charge in [-0.05, 0) is 94.0 Å². The summed E-state index contributed by atoms with van der Waals surface area (Å²) in [5.74, 6) is 0.548. The second-order valence-corrected chi connectivity index (χ2v) is 13.8. The molecule has 0 saturated heterocycles. The van der Waals surface area contributed by atoms with Gasteiger partial charge >= 0.3 is 0 Å². The van der Waals surface area contributed by atoms with Gasteiger partial charge in [-0.25, -0.2) is 9.97 Å². The van der Waals surface area contributed by atoms with Crippen LogP contribution in [0, 0.1) is 0 Å². The largest absolute Gasteiger partial charge is 0.456 e. The van der Waals surface area contributed by atoms with Crippen molar-refractivity contribution in [1.29, 1.82) is 0 Å². The molecule has 0 radical (unpaired) electrons. The van der Waals surface area contributed by atoms with Crippen molar-refractivity contribution >= 4 is 43.9 Å². The molecule has 11 rings (SSSR count). The molecule has 0 aliphatic carbocycles. The number of hydrogen-bond donors (Lipinski definition) is 0. The Labute approximate surface area is 330 Å². The minimum atomic E-state index is -0.421. The first kappa shape index (κ1) is 27.1. The molecule has 0 saturated carbocycles. The Bertz CT molecular complexity index is 3380. The van der Waals surface area contributed by atoms with Gasteiger partial charge in [0.15, 0.2) is 5.82 Å². The molecule has 0 aliphatic heterocycles. The number of benzene rings is 8. The van der Waals surface area contributed by atoms with E-state index in [0.717, 1.165) is 82.8 Å². The number of rotatable bonds is 6. The number of hydrogen-bond acceptors (Lipinski definition) is 4. The van der Waals surface area contributed by atoms with Crippen LogP contribution >= 0.6 is 0 Å². The van der Waals surface area contributed by atoms with Crippen molar-refractivity contribution in [2.24, 2.45) is 0 Å². The average molecular weight is 722 g/mol. The van der Waals surface area contributed by atoms with Crippen LogP contribution in [-0.4, -0.2) is 9.97 Å². The summed E-state index contributed by atoms with van der Waals surface area (Å²) >= 11 is 0. The van der Waals surface area contributed by atoms with E-state index in [1.54, 1.807) is 12.1 Å². The Kier molecular flexibility index (Phi) is 6.33. The quantitative estimate of drug-likeness (QED) is 0.172. The lowest BCUT2D eigenvalue weighted by atomic mass is 9.93. The molecule has 0 atom stereocenters. The van der Waals surface area contributed by atoms with Gasteiger partial charge in [0.1, 0.15) is 22.3 Å². The summed E-state index contributed by atoms with van der Waals surface area (Å²) in [7, 11) is 0. The van der Waals surface area contributed by atoms with Gasteiger partial charge in [-0.15, -0.1) is 0 Å². The Morgan fingerprint density at radius 1 is 0.321 bits per heavy atom. The van der Waals surface area contributed by atoms with Crippen molar-refractivity contribution in [2.75, 3.05) is 0 Å². The molecule has 3 aromatic heterocycles. The van der Waals surface area contributed by atoms with Crippen LogP contribution in [0.25, 0.3) is 111 Å². The molecule has 4 nitrogen and oxygen atoms in total. The predicted molar refractivity (Wildman–Crippen MR) is 229 cm³/mol. The summed E-state index contributed by atoms with van der Waals surface area (Å²) in [5, 5.41) is 4.18. The van der Waals surface area contributed by atoms with Crippen LogP contribution in [0.1, 0.15) is 6.85 Å². The maximum Gasteiger partial charge on any atom is 0.160 e. The van der Waals surface area contributed by atoms with Crippen LogP contribution in [0.2, 0.25) is 0 Å². The van der Waals surface area contributed by atoms with Crippen LogP contribution in [0.3, 0.4) is 0 Å². The third-order valence-electron chi connectivity index (χ3n) is 10.4. The molecule has 262 valence electrons. The molecular weight excluding hydrogens is 685 g/mol. The molecule has 3 heterocycles. The van der Waals surface area contributed by atoms with E-state index in [9.17, 15) is 0 Å². The summed E-state index contributed by atoms with van der Waals surface area (Å²) in [6, 6.07) is 52.8. The highest BCUT2D eigenvalue weighted by Gasteiger charge is 2.16. The van der Waals surface area contributed by atoms with Crippen molar-refractivity contribution in [1.82, 2.24) is 9.97 Å². The molecule has 11 aromatic rings. The predicted octanol–water partition coefficient (Wildman–Crippen LogP) is 14.3. The van der Waals surface area contributed by atoms with Gasteiger partial charge in [0.05, 0.1) is 18.2 Å². The zero-order valence-corrected chi connectivity index (χ0v) is 29.8. The molecule has 0 amide bonds. The summed E-state index contributed by atoms with van der Waals surface area (Å²) in [6.45, 7) is 0. The lowest BCUT2D eigenvalue weighted by Gasteiger charge is -2.14. The SMILES string of the molecule is [2H]c1c([2H])c([2H])c(-c2ccc(-c3cc(-c4cc(-c5ccc6oc7ccccc7c6c5)cc(-c5ccc6oc7ccccc7c6c5)c4)nc(-c4ccccc4)n3)cc2)c([2H])c1[2H]. The van der Waals surface area contributed by atoms with Crippen molar-refractivity contribution in [3.63, 3.8) is 0 Å². The van der Waals surface area contributed by atoms with Crippen molar-refractivity contribution in [2.45, 2.75) is 0 Å². The van der Waals surface area contributed by atoms with E-state index in [2.05, 4.69) is 54.6 Å². The molecule has 56 heavy (non-hydrogen) atoms. The summed E-state index contributed by atoms with van der Waals surface area (Å²) in [6.07, 6.45) is 0. The summed E-state index contributed by atoms with van der Waals surface area (Å²) in [5.41, 5.74) is 12.0. The zero-order chi connectivity index (χ0) is 41.4. The molecule has 4 heteroatoms. The fourth-order valence-electron chi connectivity index (χ4n) is 7.58. The second kappa shape index (κ2) is 13.1. The van der Waals surface area contributed by atoms with E-state index in [1.165, 1.54) is 0 Å². The molecule has 8 aromatic carbocycles. The molecule has 0 fully saturated rings. The highest BCUT2D eigenvalue weighted by Crippen LogP contribution is 2.39. The van der Waals surface area contributed by atoms with Crippen LogP contribution in [0.4, 0.5) is 0 Å². The maximum absolute atomic E-state index is 8.53. The van der Waals surface area contributed by atoms with Gasteiger partial charge in [-0.1, -0.05) is 133 Å². The average Bonchev–Trinajstić information content (AvgIpc) is 3.88. The minimum Gasteiger partial charge on any atom is -0.456 e. The first-order chi connectivity index (χ1) is 29.8. The maximum atomic E-state index is 8.53. The van der Waals surface area contributed by atoms with Gasteiger partial charge < -0.3 is 8.83 Å². The normalized spacial score (nSPS) is 12.8. The Morgan fingerprint density at radius 3 is 1.41 bits per heavy atom. The van der Waals surface area contributed by atoms with Crippen LogP contribution in [0.5, 0.6) is 0 Å². The minimum absolute atomic E-state index is 0.151. The fourth-order valence-corrected chi connectivity index (χ4v) is 7.58. The second-order valence-electron chi connectivity index (χ2n) is 13.8. The van der Waals surface area contributed by atoms with Gasteiger partial charge in [-0.3, -0.25) is 0 Å². The number of aromatic nitrogens is 2. The van der Waals surface area contributed by atoms with Crippen LogP contribution in [0.15, 0.2) is 203 Å². The van der Waals surface area contributed by atoms with Crippen LogP contribution in [-0.2, 0) is 0 Å². The molecular formula is C52H32N2O2. The van der Waals surface area contributed by atoms with E-state index in [1.807, 2.05) is 97.1 Å². The van der Waals surface area contributed by atoms with E-state index in [-0.39, 0.29) is 29.7 Å². The standard InChI is InChI=1S/C52H32N2O2/c1-3-11-33(12-4-1)34-19-21-35(22-20-34)46-32-47(54-52(53-46)36-13-5-2-6-14-36)41-28-39(37-23-25-50-44(30-37)42-15-7-9-17-48(42)55-50)27-40(29-41)38-24-26-51-45(31-38)43-16-8-10-18-49(43)56-51/h1-32H/i1D,3D,4D,11D,12D. The Morgan fingerprint density at radius 2 is 0.804 bits per heavy atom. The highest BCUT2D eigenvalue weighted by atomic mass is 16.3. The molecule has 0 unspecified atom stereocenters. The fraction of sp³-hybridized carbons (Fsp3) is 0. The van der Waals surface area contributed by atoms with E-state index >= 15 is 0 Å². The van der Waals surface area contributed by atoms with Gasteiger partial charge in [-0.2, -0.15) is 0 Å². The lowest BCUT2D eigenvalue weighted by molar-refractivity contribution is 0.668. The topological polar surface area (TPSA) is 52.1 Å². The highest BCUT2D eigenvalue weighted by molar-refractivity contribution is 6.07. The third kappa shape index (κ3) is 5.64. The summed E-state index contributed by atoms with van der Waals surface area (Å²) < 4.78 is 53.9. The van der Waals surface area contributed by atoms with Gasteiger partial charge in [0.2, 0.25) is 0 Å². The Balaban J connectivity index is 1.10. The number of fused-ring (bicyclic) bond motifs is 6. The van der Waals surface area contributed by atoms with Crippen molar-refractivity contribution < 1.29 is 15.7 Å². The number of furan rings is 2. The third-order valence-corrected chi connectivity index (χ3v) is 10.4. The molecule has 0 spiro atoms. The van der Waals surface area contributed by atoms with Crippen LogP contribution < -0.4 is 0 Å². The first-order valence-corrected chi connectivity index (χ1v) is 18.4. The lowest BCUT2D eigenvalue weighted by Crippen LogP contribution is -1.96. The first-order valence-electron chi connectivity index (χ1n) is 20.9.